The fourth-order valence-electron chi connectivity index (χ4n) is 1.18. The minimum absolute atomic E-state index is 0.0458. The third-order valence-electron chi connectivity index (χ3n) is 2.49. The van der Waals surface area contributed by atoms with Crippen molar-refractivity contribution >= 4 is 17.8 Å². The van der Waals surface area contributed by atoms with Gasteiger partial charge in [-0.25, -0.2) is 4.98 Å². The van der Waals surface area contributed by atoms with E-state index in [4.69, 9.17) is 5.11 Å². The van der Waals surface area contributed by atoms with Crippen LogP contribution in [0.1, 0.15) is 39.3 Å². The third-order valence-corrected chi connectivity index (χ3v) is 2.49. The summed E-state index contributed by atoms with van der Waals surface area (Å²) in [6, 6.07) is 1.10. The zero-order valence-electron chi connectivity index (χ0n) is 11.3. The molecule has 1 aromatic heterocycles. The van der Waals surface area contributed by atoms with Gasteiger partial charge in [-0.05, 0) is 6.92 Å². The van der Waals surface area contributed by atoms with Gasteiger partial charge >= 0.3 is 5.97 Å². The number of hydrogen-bond donors (Lipinski definition) is 3. The lowest BCUT2D eigenvalue weighted by Crippen LogP contribution is -2.30. The molecule has 1 rings (SSSR count). The van der Waals surface area contributed by atoms with Crippen molar-refractivity contribution in [2.24, 2.45) is 5.41 Å². The highest BCUT2D eigenvalue weighted by Gasteiger charge is 2.23. The van der Waals surface area contributed by atoms with Crippen molar-refractivity contribution in [2.45, 2.75) is 33.6 Å². The van der Waals surface area contributed by atoms with Gasteiger partial charge < -0.3 is 5.11 Å². The fourth-order valence-corrected chi connectivity index (χ4v) is 1.18. The van der Waals surface area contributed by atoms with E-state index in [1.807, 2.05) is 0 Å². The first-order valence-corrected chi connectivity index (χ1v) is 5.77. The third kappa shape index (κ3) is 3.90. The van der Waals surface area contributed by atoms with E-state index in [9.17, 15) is 14.4 Å². The van der Waals surface area contributed by atoms with E-state index in [0.29, 0.717) is 0 Å². The summed E-state index contributed by atoms with van der Waals surface area (Å²) >= 11 is 0. The van der Waals surface area contributed by atoms with Crippen LogP contribution >= 0.6 is 0 Å². The molecule has 0 fully saturated rings. The van der Waals surface area contributed by atoms with Gasteiger partial charge in [0.25, 0.3) is 5.56 Å². The van der Waals surface area contributed by atoms with Gasteiger partial charge in [0.1, 0.15) is 0 Å². The number of carbonyl (C=O) groups excluding carboxylic acids is 1. The summed E-state index contributed by atoms with van der Waals surface area (Å²) in [5.74, 6) is -2.38. The summed E-state index contributed by atoms with van der Waals surface area (Å²) in [5.41, 5.74) is -1.06. The van der Waals surface area contributed by atoms with Crippen LogP contribution in [0.15, 0.2) is 10.9 Å². The maximum absolute atomic E-state index is 11.8. The first-order chi connectivity index (χ1) is 8.61. The second kappa shape index (κ2) is 5.21. The molecule has 104 valence electrons. The second-order valence-electron chi connectivity index (χ2n) is 5.28. The van der Waals surface area contributed by atoms with E-state index in [-0.39, 0.29) is 17.5 Å². The lowest BCUT2D eigenvalue weighted by molar-refractivity contribution is -0.138. The molecule has 0 bridgehead atoms. The Morgan fingerprint density at radius 1 is 1.42 bits per heavy atom. The second-order valence-corrected chi connectivity index (χ2v) is 5.28. The average Bonchev–Trinajstić information content (AvgIpc) is 2.25. The Bertz CT molecular complexity index is 557. The molecule has 1 atom stereocenters. The number of aromatic amines is 1. The molecule has 0 aliphatic carbocycles. The molecule has 0 aliphatic rings. The van der Waals surface area contributed by atoms with Crippen molar-refractivity contribution in [3.63, 3.8) is 0 Å². The fraction of sp³-hybridized carbons (Fsp3) is 0.500. The van der Waals surface area contributed by atoms with Crippen molar-refractivity contribution < 1.29 is 14.7 Å². The number of carbonyl (C=O) groups is 2. The van der Waals surface area contributed by atoms with Crippen LogP contribution in [0.2, 0.25) is 0 Å². The summed E-state index contributed by atoms with van der Waals surface area (Å²) in [6.45, 7) is 6.55. The number of hydrogen-bond acceptors (Lipinski definition) is 4. The Morgan fingerprint density at radius 3 is 2.47 bits per heavy atom. The summed E-state index contributed by atoms with van der Waals surface area (Å²) in [4.78, 5) is 40.4. The van der Waals surface area contributed by atoms with Crippen LogP contribution in [0.4, 0.5) is 5.95 Å². The average molecular weight is 267 g/mol. The molecule has 3 N–H and O–H groups in total. The monoisotopic (exact) mass is 267 g/mol. The molecular weight excluding hydrogens is 250 g/mol. The molecule has 0 aromatic carbocycles. The summed E-state index contributed by atoms with van der Waals surface area (Å²) < 4.78 is 0. The first-order valence-electron chi connectivity index (χ1n) is 5.77. The molecule has 0 saturated heterocycles. The molecule has 1 aromatic rings. The van der Waals surface area contributed by atoms with Crippen molar-refractivity contribution in [3.05, 3.63) is 22.1 Å². The zero-order valence-corrected chi connectivity index (χ0v) is 11.3. The molecule has 1 unspecified atom stereocenters. The maximum Gasteiger partial charge on any atom is 0.312 e. The summed E-state index contributed by atoms with van der Waals surface area (Å²) in [7, 11) is 0. The van der Waals surface area contributed by atoms with Gasteiger partial charge in [-0.3, -0.25) is 24.7 Å². The number of amides is 1. The Morgan fingerprint density at radius 2 is 2.00 bits per heavy atom. The number of nitrogens with zero attached hydrogens (tertiary/aromatic N) is 1. The van der Waals surface area contributed by atoms with Crippen molar-refractivity contribution in [1.29, 1.82) is 0 Å². The largest absolute Gasteiger partial charge is 0.481 e. The Hall–Kier alpha value is -2.18. The van der Waals surface area contributed by atoms with Gasteiger partial charge in [0.2, 0.25) is 11.9 Å². The molecule has 1 heterocycles. The minimum Gasteiger partial charge on any atom is -0.481 e. The van der Waals surface area contributed by atoms with Crippen LogP contribution in [0.25, 0.3) is 0 Å². The van der Waals surface area contributed by atoms with Crippen LogP contribution in [-0.2, 0) is 9.59 Å². The predicted molar refractivity (Wildman–Crippen MR) is 69.0 cm³/mol. The number of anilines is 1. The SMILES string of the molecule is CC(C(=O)O)c1cc(=O)[nH]c(NC(=O)C(C)(C)C)n1. The number of H-pyrrole nitrogens is 1. The van der Waals surface area contributed by atoms with Gasteiger partial charge in [0, 0.05) is 11.5 Å². The number of aromatic nitrogens is 2. The van der Waals surface area contributed by atoms with Crippen LogP contribution in [0.5, 0.6) is 0 Å². The van der Waals surface area contributed by atoms with Crippen LogP contribution in [0, 0.1) is 5.41 Å². The van der Waals surface area contributed by atoms with Gasteiger partial charge in [-0.1, -0.05) is 20.8 Å². The van der Waals surface area contributed by atoms with E-state index in [0.717, 1.165) is 6.07 Å². The van der Waals surface area contributed by atoms with Crippen molar-refractivity contribution in [2.75, 3.05) is 5.32 Å². The number of rotatable bonds is 3. The molecule has 1 amide bonds. The summed E-state index contributed by atoms with van der Waals surface area (Å²) in [6.07, 6.45) is 0. The molecule has 19 heavy (non-hydrogen) atoms. The molecule has 0 spiro atoms. The molecule has 0 radical (unpaired) electrons. The van der Waals surface area contributed by atoms with E-state index >= 15 is 0 Å². The summed E-state index contributed by atoms with van der Waals surface area (Å²) in [5, 5.41) is 11.3. The highest BCUT2D eigenvalue weighted by molar-refractivity contribution is 5.93. The van der Waals surface area contributed by atoms with Crippen LogP contribution < -0.4 is 10.9 Å². The Kier molecular flexibility index (Phi) is 4.08. The molecule has 7 nitrogen and oxygen atoms in total. The zero-order chi connectivity index (χ0) is 14.8. The minimum atomic E-state index is -1.09. The van der Waals surface area contributed by atoms with E-state index in [2.05, 4.69) is 15.3 Å². The van der Waals surface area contributed by atoms with Crippen LogP contribution in [-0.4, -0.2) is 27.0 Å². The highest BCUT2D eigenvalue weighted by Crippen LogP contribution is 2.16. The Balaban J connectivity index is 3.08. The molecule has 7 heteroatoms. The maximum atomic E-state index is 11.8. The Labute approximate surface area is 110 Å². The molecule has 0 aliphatic heterocycles. The predicted octanol–water partition coefficient (Wildman–Crippen LogP) is 0.943. The standard InChI is InChI=1S/C12H17N3O4/c1-6(9(17)18)7-5-8(16)14-11(13-7)15-10(19)12(2,3)4/h5-6H,1-4H3,(H,17,18)(H2,13,14,15,16,19). The molecular formula is C12H17N3O4. The highest BCUT2D eigenvalue weighted by atomic mass is 16.4. The van der Waals surface area contributed by atoms with E-state index < -0.39 is 22.9 Å². The normalized spacial score (nSPS) is 12.8. The topological polar surface area (TPSA) is 112 Å². The van der Waals surface area contributed by atoms with E-state index in [1.165, 1.54) is 6.92 Å². The number of nitrogens with one attached hydrogen (secondary N) is 2. The number of aliphatic carboxylic acids is 1. The van der Waals surface area contributed by atoms with Gasteiger partial charge in [-0.2, -0.15) is 0 Å². The quantitative estimate of drug-likeness (QED) is 0.754. The van der Waals surface area contributed by atoms with Crippen molar-refractivity contribution in [1.82, 2.24) is 9.97 Å². The number of carboxylic acids is 1. The van der Waals surface area contributed by atoms with Gasteiger partial charge in [0.15, 0.2) is 0 Å². The van der Waals surface area contributed by atoms with Crippen molar-refractivity contribution in [3.8, 4) is 0 Å². The lowest BCUT2D eigenvalue weighted by atomic mass is 9.96. The lowest BCUT2D eigenvalue weighted by Gasteiger charge is -2.17. The van der Waals surface area contributed by atoms with Gasteiger partial charge in [0.05, 0.1) is 11.6 Å². The van der Waals surface area contributed by atoms with Gasteiger partial charge in [-0.15, -0.1) is 0 Å². The van der Waals surface area contributed by atoms with E-state index in [1.54, 1.807) is 20.8 Å². The van der Waals surface area contributed by atoms with Crippen LogP contribution in [0.3, 0.4) is 0 Å². The smallest absolute Gasteiger partial charge is 0.312 e. The first kappa shape index (κ1) is 14.9. The molecule has 0 saturated carbocycles. The number of carboxylic acid groups (broad SMARTS) is 1.